The standard InChI is InChI=1S/C17H23F3N2O/c1-11(13-6-2-3-7-14(13)17(18,19)20)9-16(23)22-15-8-4-5-12(15)10-21/h2-3,6-7,11-12,15H,4-5,8-10,21H2,1H3,(H,22,23). The average Bonchev–Trinajstić information content (AvgIpc) is 2.93. The normalized spacial score (nSPS) is 22.8. The minimum absolute atomic E-state index is 0.0425. The van der Waals surface area contributed by atoms with Crippen LogP contribution in [0.25, 0.3) is 0 Å². The number of rotatable bonds is 5. The lowest BCUT2D eigenvalue weighted by atomic mass is 9.92. The van der Waals surface area contributed by atoms with Gasteiger partial charge in [-0.3, -0.25) is 4.79 Å². The highest BCUT2D eigenvalue weighted by Gasteiger charge is 2.34. The van der Waals surface area contributed by atoms with E-state index in [9.17, 15) is 18.0 Å². The molecule has 1 saturated carbocycles. The summed E-state index contributed by atoms with van der Waals surface area (Å²) < 4.78 is 39.2. The van der Waals surface area contributed by atoms with Crippen molar-refractivity contribution in [2.24, 2.45) is 11.7 Å². The van der Waals surface area contributed by atoms with Crippen molar-refractivity contribution in [3.63, 3.8) is 0 Å². The zero-order valence-corrected chi connectivity index (χ0v) is 13.2. The number of benzene rings is 1. The lowest BCUT2D eigenvalue weighted by Crippen LogP contribution is -2.40. The van der Waals surface area contributed by atoms with Crippen molar-refractivity contribution >= 4 is 5.91 Å². The van der Waals surface area contributed by atoms with Gasteiger partial charge in [0, 0.05) is 12.5 Å². The van der Waals surface area contributed by atoms with Crippen LogP contribution in [-0.4, -0.2) is 18.5 Å². The Bertz CT molecular complexity index is 545. The van der Waals surface area contributed by atoms with Gasteiger partial charge >= 0.3 is 6.18 Å². The van der Waals surface area contributed by atoms with Crippen molar-refractivity contribution in [1.29, 1.82) is 0 Å². The summed E-state index contributed by atoms with van der Waals surface area (Å²) in [5, 5.41) is 2.94. The zero-order valence-electron chi connectivity index (χ0n) is 13.2. The van der Waals surface area contributed by atoms with Crippen LogP contribution in [0.3, 0.4) is 0 Å². The number of amides is 1. The van der Waals surface area contributed by atoms with E-state index in [1.54, 1.807) is 13.0 Å². The number of hydrogen-bond donors (Lipinski definition) is 2. The van der Waals surface area contributed by atoms with Crippen LogP contribution >= 0.6 is 0 Å². The van der Waals surface area contributed by atoms with Crippen molar-refractivity contribution in [3.05, 3.63) is 35.4 Å². The van der Waals surface area contributed by atoms with Gasteiger partial charge in [-0.2, -0.15) is 13.2 Å². The summed E-state index contributed by atoms with van der Waals surface area (Å²) in [5.41, 5.74) is 5.18. The van der Waals surface area contributed by atoms with Gasteiger partial charge in [-0.1, -0.05) is 31.5 Å². The summed E-state index contributed by atoms with van der Waals surface area (Å²) in [6.07, 6.45) is -1.45. The predicted molar refractivity (Wildman–Crippen MR) is 82.8 cm³/mol. The molecule has 1 aromatic rings. The quantitative estimate of drug-likeness (QED) is 0.870. The van der Waals surface area contributed by atoms with Crippen LogP contribution in [0.1, 0.15) is 49.7 Å². The summed E-state index contributed by atoms with van der Waals surface area (Å²) >= 11 is 0. The Hall–Kier alpha value is -1.56. The number of halogens is 3. The fourth-order valence-corrected chi connectivity index (χ4v) is 3.35. The van der Waals surface area contributed by atoms with Gasteiger partial charge in [0.1, 0.15) is 0 Å². The first kappa shape index (κ1) is 17.8. The fourth-order valence-electron chi connectivity index (χ4n) is 3.35. The number of carbonyl (C=O) groups is 1. The third kappa shape index (κ3) is 4.47. The molecule has 1 aliphatic carbocycles. The molecule has 0 saturated heterocycles. The molecule has 2 rings (SSSR count). The maximum atomic E-state index is 13.1. The first-order chi connectivity index (χ1) is 10.8. The molecular formula is C17H23F3N2O. The van der Waals surface area contributed by atoms with Crippen LogP contribution in [-0.2, 0) is 11.0 Å². The van der Waals surface area contributed by atoms with Gasteiger partial charge in [0.25, 0.3) is 0 Å². The van der Waals surface area contributed by atoms with Crippen LogP contribution in [0.5, 0.6) is 0 Å². The molecule has 6 heteroatoms. The van der Waals surface area contributed by atoms with E-state index in [1.165, 1.54) is 12.1 Å². The number of nitrogens with one attached hydrogen (secondary N) is 1. The number of carbonyl (C=O) groups excluding carboxylic acids is 1. The molecule has 0 bridgehead atoms. The van der Waals surface area contributed by atoms with Crippen LogP contribution in [0.15, 0.2) is 24.3 Å². The molecular weight excluding hydrogens is 305 g/mol. The van der Waals surface area contributed by atoms with E-state index in [2.05, 4.69) is 5.32 Å². The highest BCUT2D eigenvalue weighted by molar-refractivity contribution is 5.77. The van der Waals surface area contributed by atoms with Crippen LogP contribution < -0.4 is 11.1 Å². The Labute approximate surface area is 134 Å². The van der Waals surface area contributed by atoms with E-state index >= 15 is 0 Å². The molecule has 0 heterocycles. The van der Waals surface area contributed by atoms with Crippen LogP contribution in [0.4, 0.5) is 13.2 Å². The number of hydrogen-bond acceptors (Lipinski definition) is 2. The molecule has 3 atom stereocenters. The summed E-state index contributed by atoms with van der Waals surface area (Å²) in [6.45, 7) is 2.18. The van der Waals surface area contributed by atoms with E-state index in [0.717, 1.165) is 25.3 Å². The monoisotopic (exact) mass is 328 g/mol. The third-order valence-electron chi connectivity index (χ3n) is 4.60. The molecule has 0 spiro atoms. The summed E-state index contributed by atoms with van der Waals surface area (Å²) in [5.74, 6) is -0.429. The lowest BCUT2D eigenvalue weighted by molar-refractivity contribution is -0.138. The minimum atomic E-state index is -4.41. The minimum Gasteiger partial charge on any atom is -0.353 e. The highest BCUT2D eigenvalue weighted by atomic mass is 19.4. The maximum Gasteiger partial charge on any atom is 0.416 e. The molecule has 1 fully saturated rings. The second kappa shape index (κ2) is 7.34. The summed E-state index contributed by atoms with van der Waals surface area (Å²) in [4.78, 5) is 12.2. The first-order valence-corrected chi connectivity index (χ1v) is 7.98. The first-order valence-electron chi connectivity index (χ1n) is 7.98. The molecule has 23 heavy (non-hydrogen) atoms. The van der Waals surface area contributed by atoms with Gasteiger partial charge < -0.3 is 11.1 Å². The Morgan fingerprint density at radius 1 is 1.35 bits per heavy atom. The van der Waals surface area contributed by atoms with E-state index in [0.29, 0.717) is 6.54 Å². The van der Waals surface area contributed by atoms with Gasteiger partial charge in [-0.25, -0.2) is 0 Å². The second-order valence-corrected chi connectivity index (χ2v) is 6.29. The average molecular weight is 328 g/mol. The molecule has 128 valence electrons. The number of alkyl halides is 3. The molecule has 1 aliphatic rings. The Morgan fingerprint density at radius 3 is 2.70 bits per heavy atom. The third-order valence-corrected chi connectivity index (χ3v) is 4.60. The Morgan fingerprint density at radius 2 is 2.04 bits per heavy atom. The largest absolute Gasteiger partial charge is 0.416 e. The lowest BCUT2D eigenvalue weighted by Gasteiger charge is -2.22. The second-order valence-electron chi connectivity index (χ2n) is 6.29. The molecule has 1 aromatic carbocycles. The van der Waals surface area contributed by atoms with Gasteiger partial charge in [0.2, 0.25) is 5.91 Å². The highest BCUT2D eigenvalue weighted by Crippen LogP contribution is 2.36. The van der Waals surface area contributed by atoms with Crippen molar-refractivity contribution in [3.8, 4) is 0 Å². The summed E-state index contributed by atoms with van der Waals surface area (Å²) in [7, 11) is 0. The molecule has 3 nitrogen and oxygen atoms in total. The van der Waals surface area contributed by atoms with Gasteiger partial charge in [0.15, 0.2) is 0 Å². The molecule has 0 aromatic heterocycles. The van der Waals surface area contributed by atoms with Crippen LogP contribution in [0.2, 0.25) is 0 Å². The molecule has 3 N–H and O–H groups in total. The Balaban J connectivity index is 2.02. The van der Waals surface area contributed by atoms with E-state index in [1.807, 2.05) is 0 Å². The molecule has 0 radical (unpaired) electrons. The van der Waals surface area contributed by atoms with Crippen molar-refractivity contribution < 1.29 is 18.0 Å². The molecule has 0 aliphatic heterocycles. The Kier molecular flexibility index (Phi) is 5.68. The van der Waals surface area contributed by atoms with E-state index in [-0.39, 0.29) is 29.9 Å². The smallest absolute Gasteiger partial charge is 0.353 e. The topological polar surface area (TPSA) is 55.1 Å². The molecule has 3 unspecified atom stereocenters. The summed E-state index contributed by atoms with van der Waals surface area (Å²) in [6, 6.07) is 5.49. The van der Waals surface area contributed by atoms with Crippen molar-refractivity contribution in [2.45, 2.75) is 50.7 Å². The predicted octanol–water partition coefficient (Wildman–Crippen LogP) is 3.44. The van der Waals surface area contributed by atoms with Crippen molar-refractivity contribution in [2.75, 3.05) is 6.54 Å². The van der Waals surface area contributed by atoms with Crippen molar-refractivity contribution in [1.82, 2.24) is 5.32 Å². The fraction of sp³-hybridized carbons (Fsp3) is 0.588. The molecule has 1 amide bonds. The van der Waals surface area contributed by atoms with E-state index < -0.39 is 17.7 Å². The zero-order chi connectivity index (χ0) is 17.0. The number of nitrogens with two attached hydrogens (primary N) is 1. The van der Waals surface area contributed by atoms with E-state index in [4.69, 9.17) is 5.73 Å². The van der Waals surface area contributed by atoms with Gasteiger partial charge in [-0.15, -0.1) is 0 Å². The SMILES string of the molecule is CC(CC(=O)NC1CCCC1CN)c1ccccc1C(F)(F)F. The van der Waals surface area contributed by atoms with Gasteiger partial charge in [-0.05, 0) is 42.9 Å². The van der Waals surface area contributed by atoms with Crippen LogP contribution in [0, 0.1) is 5.92 Å². The van der Waals surface area contributed by atoms with Gasteiger partial charge in [0.05, 0.1) is 5.56 Å². The maximum absolute atomic E-state index is 13.1.